The molecule has 1 unspecified atom stereocenters. The van der Waals surface area contributed by atoms with Crippen LogP contribution in [0.4, 0.5) is 0 Å². The van der Waals surface area contributed by atoms with E-state index in [9.17, 15) is 0 Å². The largest absolute Gasteiger partial charge is 0.493 e. The molecule has 0 spiro atoms. The van der Waals surface area contributed by atoms with Gasteiger partial charge in [-0.1, -0.05) is 0 Å². The molecule has 1 heterocycles. The molecule has 1 aromatic carbocycles. The number of hydrogen-bond acceptors (Lipinski definition) is 4. The van der Waals surface area contributed by atoms with Crippen LogP contribution >= 0.6 is 0 Å². The molecule has 0 aromatic heterocycles. The molecule has 1 aliphatic heterocycles. The van der Waals surface area contributed by atoms with Gasteiger partial charge in [0.1, 0.15) is 17.6 Å². The van der Waals surface area contributed by atoms with Crippen LogP contribution in [0.3, 0.4) is 0 Å². The van der Waals surface area contributed by atoms with Gasteiger partial charge in [-0.2, -0.15) is 5.10 Å². The van der Waals surface area contributed by atoms with E-state index in [1.54, 1.807) is 6.21 Å². The zero-order chi connectivity index (χ0) is 13.8. The lowest BCUT2D eigenvalue weighted by Crippen LogP contribution is -2.21. The van der Waals surface area contributed by atoms with Gasteiger partial charge in [-0.25, -0.2) is 0 Å². The lowest BCUT2D eigenvalue weighted by Gasteiger charge is -2.09. The second-order valence-corrected chi connectivity index (χ2v) is 4.33. The lowest BCUT2D eigenvalue weighted by atomic mass is 10.1. The molecule has 2 rings (SSSR count). The first-order chi connectivity index (χ1) is 9.10. The molecule has 0 saturated carbocycles. The predicted molar refractivity (Wildman–Crippen MR) is 74.8 cm³/mol. The number of nitrogens with two attached hydrogens (primary N) is 2. The fraction of sp³-hybridized carbons (Fsp3) is 0.385. The monoisotopic (exact) mass is 262 g/mol. The van der Waals surface area contributed by atoms with Crippen molar-refractivity contribution in [1.82, 2.24) is 0 Å². The molecule has 0 fully saturated rings. The highest BCUT2D eigenvalue weighted by Gasteiger charge is 2.21. The third-order valence-corrected chi connectivity index (χ3v) is 2.70. The summed E-state index contributed by atoms with van der Waals surface area (Å²) in [5.41, 5.74) is 12.4. The first kappa shape index (κ1) is 13.2. The lowest BCUT2D eigenvalue weighted by molar-refractivity contribution is 0.254. The summed E-state index contributed by atoms with van der Waals surface area (Å²) in [5, 5.41) is 7.38. The Balaban J connectivity index is 2.33. The second-order valence-electron chi connectivity index (χ2n) is 4.33. The van der Waals surface area contributed by atoms with Gasteiger partial charge in [-0.3, -0.25) is 0 Å². The summed E-state index contributed by atoms with van der Waals surface area (Å²) >= 11 is 0. The van der Waals surface area contributed by atoms with Crippen molar-refractivity contribution >= 4 is 12.2 Å². The summed E-state index contributed by atoms with van der Waals surface area (Å²) < 4.78 is 11.3. The van der Waals surface area contributed by atoms with E-state index >= 15 is 0 Å². The quantitative estimate of drug-likeness (QED) is 0.481. The highest BCUT2D eigenvalue weighted by atomic mass is 16.5. The van der Waals surface area contributed by atoms with Gasteiger partial charge in [-0.05, 0) is 26.0 Å². The summed E-state index contributed by atoms with van der Waals surface area (Å²) in [5.74, 6) is 1.54. The fourth-order valence-corrected chi connectivity index (χ4v) is 1.99. The molecule has 0 bridgehead atoms. The van der Waals surface area contributed by atoms with Gasteiger partial charge < -0.3 is 20.9 Å². The molecule has 0 amide bonds. The molecule has 1 aliphatic rings. The number of fused-ring (bicyclic) bond motifs is 1. The third-order valence-electron chi connectivity index (χ3n) is 2.70. The summed E-state index contributed by atoms with van der Waals surface area (Å²) in [7, 11) is 0. The number of benzene rings is 1. The van der Waals surface area contributed by atoms with Crippen LogP contribution < -0.4 is 20.9 Å². The zero-order valence-electron chi connectivity index (χ0n) is 11.1. The molecule has 0 radical (unpaired) electrons. The number of ether oxygens (including phenoxy) is 2. The van der Waals surface area contributed by atoms with Crippen LogP contribution in [-0.2, 0) is 6.42 Å². The number of hydrogen-bond donors (Lipinski definition) is 2. The summed E-state index contributed by atoms with van der Waals surface area (Å²) in [6.45, 7) is 4.55. The standard InChI is InChI=1S/C13H18N4O2/c1-3-18-11-5-9-4-8(2)19-12(9)6-10(11)7-16-17-13(14)15/h5-8H,3-4H2,1-2H3,(H4,14,15,17). The van der Waals surface area contributed by atoms with Crippen LogP contribution in [-0.4, -0.2) is 24.9 Å². The zero-order valence-corrected chi connectivity index (χ0v) is 11.1. The van der Waals surface area contributed by atoms with E-state index in [0.717, 1.165) is 29.0 Å². The number of nitrogens with zero attached hydrogens (tertiary/aromatic N) is 2. The summed E-state index contributed by atoms with van der Waals surface area (Å²) in [6, 6.07) is 3.88. The number of guanidine groups is 1. The summed E-state index contributed by atoms with van der Waals surface area (Å²) in [6.07, 6.45) is 2.63. The highest BCUT2D eigenvalue weighted by Crippen LogP contribution is 2.34. The molecule has 1 aromatic rings. The minimum Gasteiger partial charge on any atom is -0.493 e. The summed E-state index contributed by atoms with van der Waals surface area (Å²) in [4.78, 5) is 0. The van der Waals surface area contributed by atoms with Crippen molar-refractivity contribution in [3.63, 3.8) is 0 Å². The molecule has 102 valence electrons. The predicted octanol–water partition coefficient (Wildman–Crippen LogP) is 1.02. The first-order valence-corrected chi connectivity index (χ1v) is 6.18. The van der Waals surface area contributed by atoms with Crippen LogP contribution in [0, 0.1) is 0 Å². The van der Waals surface area contributed by atoms with Crippen molar-refractivity contribution in [2.45, 2.75) is 26.4 Å². The Bertz CT molecular complexity index is 522. The molecule has 6 heteroatoms. The van der Waals surface area contributed by atoms with Crippen molar-refractivity contribution in [1.29, 1.82) is 0 Å². The van der Waals surface area contributed by atoms with Crippen LogP contribution in [0.25, 0.3) is 0 Å². The van der Waals surface area contributed by atoms with Crippen molar-refractivity contribution in [2.24, 2.45) is 21.7 Å². The van der Waals surface area contributed by atoms with Crippen molar-refractivity contribution in [3.05, 3.63) is 23.3 Å². The van der Waals surface area contributed by atoms with Crippen LogP contribution in [0.5, 0.6) is 11.5 Å². The van der Waals surface area contributed by atoms with E-state index in [1.165, 1.54) is 0 Å². The van der Waals surface area contributed by atoms with Gasteiger partial charge in [0.25, 0.3) is 0 Å². The van der Waals surface area contributed by atoms with Gasteiger partial charge in [0.05, 0.1) is 12.8 Å². The average Bonchev–Trinajstić information content (AvgIpc) is 2.68. The Morgan fingerprint density at radius 2 is 2.32 bits per heavy atom. The smallest absolute Gasteiger partial charge is 0.211 e. The molecule has 19 heavy (non-hydrogen) atoms. The van der Waals surface area contributed by atoms with Gasteiger partial charge in [0, 0.05) is 17.5 Å². The third kappa shape index (κ3) is 3.15. The van der Waals surface area contributed by atoms with E-state index < -0.39 is 0 Å². The minimum atomic E-state index is -0.0831. The second kappa shape index (κ2) is 5.60. The Morgan fingerprint density at radius 3 is 3.00 bits per heavy atom. The Labute approximate surface area is 112 Å². The van der Waals surface area contributed by atoms with E-state index in [2.05, 4.69) is 10.2 Å². The normalized spacial score (nSPS) is 17.1. The molecular weight excluding hydrogens is 244 g/mol. The maximum Gasteiger partial charge on any atom is 0.211 e. The minimum absolute atomic E-state index is 0.0831. The molecule has 6 nitrogen and oxygen atoms in total. The van der Waals surface area contributed by atoms with Gasteiger partial charge >= 0.3 is 0 Å². The topological polar surface area (TPSA) is 95.2 Å². The van der Waals surface area contributed by atoms with E-state index in [4.69, 9.17) is 20.9 Å². The van der Waals surface area contributed by atoms with Gasteiger partial charge in [0.2, 0.25) is 5.96 Å². The van der Waals surface area contributed by atoms with E-state index in [0.29, 0.717) is 6.61 Å². The van der Waals surface area contributed by atoms with Gasteiger partial charge in [0.15, 0.2) is 0 Å². The van der Waals surface area contributed by atoms with Gasteiger partial charge in [-0.15, -0.1) is 5.10 Å². The van der Waals surface area contributed by atoms with E-state index in [1.807, 2.05) is 26.0 Å². The van der Waals surface area contributed by atoms with Crippen molar-refractivity contribution in [2.75, 3.05) is 6.61 Å². The molecule has 1 atom stereocenters. The maximum atomic E-state index is 5.71. The first-order valence-electron chi connectivity index (χ1n) is 6.18. The SMILES string of the molecule is CCOc1cc2c(cc1C=NN=C(N)N)OC(C)C2. The Kier molecular flexibility index (Phi) is 3.89. The average molecular weight is 262 g/mol. The number of rotatable bonds is 4. The van der Waals surface area contributed by atoms with Crippen molar-refractivity contribution < 1.29 is 9.47 Å². The van der Waals surface area contributed by atoms with Crippen LogP contribution in [0.1, 0.15) is 25.0 Å². The van der Waals surface area contributed by atoms with Crippen LogP contribution in [0.15, 0.2) is 22.3 Å². The molecule has 4 N–H and O–H groups in total. The Morgan fingerprint density at radius 1 is 1.53 bits per heavy atom. The van der Waals surface area contributed by atoms with Crippen molar-refractivity contribution in [3.8, 4) is 11.5 Å². The molecule has 0 aliphatic carbocycles. The Hall–Kier alpha value is -2.24. The fourth-order valence-electron chi connectivity index (χ4n) is 1.99. The van der Waals surface area contributed by atoms with Crippen LogP contribution in [0.2, 0.25) is 0 Å². The molecular formula is C13H18N4O2. The highest BCUT2D eigenvalue weighted by molar-refractivity contribution is 5.85. The van der Waals surface area contributed by atoms with E-state index in [-0.39, 0.29) is 12.1 Å². The maximum absolute atomic E-state index is 5.71. The molecule has 0 saturated heterocycles.